The summed E-state index contributed by atoms with van der Waals surface area (Å²) in [6.07, 6.45) is 0. The van der Waals surface area contributed by atoms with Crippen LogP contribution >= 0.6 is 34.8 Å². The number of phenolic OH excluding ortho intramolecular Hbond substituents is 1. The van der Waals surface area contributed by atoms with E-state index in [0.29, 0.717) is 38.9 Å². The zero-order chi connectivity index (χ0) is 24.7. The van der Waals surface area contributed by atoms with Gasteiger partial charge in [0.25, 0.3) is 0 Å². The van der Waals surface area contributed by atoms with Gasteiger partial charge in [0, 0.05) is 28.1 Å². The number of aromatic hydroxyl groups is 1. The lowest BCUT2D eigenvalue weighted by Crippen LogP contribution is -2.56. The number of ether oxygens (including phenoxy) is 1. The van der Waals surface area contributed by atoms with Gasteiger partial charge in [0.1, 0.15) is 27.7 Å². The summed E-state index contributed by atoms with van der Waals surface area (Å²) < 4.78 is 5.26. The van der Waals surface area contributed by atoms with Crippen LogP contribution in [0.4, 0.5) is 17.1 Å². The number of benzene rings is 3. The number of halogens is 3. The molecule has 10 heteroatoms. The van der Waals surface area contributed by atoms with Crippen molar-refractivity contribution in [2.75, 3.05) is 12.0 Å². The molecule has 35 heavy (non-hydrogen) atoms. The van der Waals surface area contributed by atoms with E-state index in [4.69, 9.17) is 39.5 Å². The molecule has 7 nitrogen and oxygen atoms in total. The molecule has 0 bridgehead atoms. The van der Waals surface area contributed by atoms with Crippen molar-refractivity contribution < 1.29 is 14.6 Å². The summed E-state index contributed by atoms with van der Waals surface area (Å²) in [5, 5.41) is 19.4. The van der Waals surface area contributed by atoms with Crippen LogP contribution in [0, 0.1) is 0 Å². The van der Waals surface area contributed by atoms with Crippen molar-refractivity contribution in [3.05, 3.63) is 82.5 Å². The van der Waals surface area contributed by atoms with Gasteiger partial charge in [-0.05, 0) is 48.5 Å². The van der Waals surface area contributed by atoms with Gasteiger partial charge in [-0.15, -0.1) is 16.7 Å². The molecule has 1 aliphatic heterocycles. The predicted octanol–water partition coefficient (Wildman–Crippen LogP) is 7.37. The summed E-state index contributed by atoms with van der Waals surface area (Å²) in [5.41, 5.74) is 2.46. The summed E-state index contributed by atoms with van der Waals surface area (Å²) in [5.74, 6) is 0.257. The molecule has 176 valence electrons. The van der Waals surface area contributed by atoms with Gasteiger partial charge in [-0.25, -0.2) is 4.98 Å². The molecule has 1 saturated heterocycles. The zero-order valence-corrected chi connectivity index (χ0v) is 20.5. The van der Waals surface area contributed by atoms with Crippen LogP contribution in [-0.4, -0.2) is 28.5 Å². The molecule has 5 rings (SSSR count). The number of methoxy groups -OCH3 is 1. The third-order valence-corrected chi connectivity index (χ3v) is 6.62. The van der Waals surface area contributed by atoms with Gasteiger partial charge in [0.15, 0.2) is 0 Å². The molecular weight excluding hydrogens is 511 g/mol. The molecule has 1 fully saturated rings. The summed E-state index contributed by atoms with van der Waals surface area (Å²) >= 11 is 19.0. The summed E-state index contributed by atoms with van der Waals surface area (Å²) in [4.78, 5) is 18.9. The Bertz CT molecular complexity index is 1490. The minimum Gasteiger partial charge on any atom is -0.508 e. The average molecular weight is 528 g/mol. The Kier molecular flexibility index (Phi) is 6.23. The molecular formula is C25H17Cl3N4O3. The molecule has 3 aromatic carbocycles. The highest BCUT2D eigenvalue weighted by molar-refractivity contribution is 6.38. The van der Waals surface area contributed by atoms with E-state index >= 15 is 0 Å². The van der Waals surface area contributed by atoms with Gasteiger partial charge in [-0.2, -0.15) is 5.11 Å². The standard InChI is InChI=1S/C25H17Cl3N4O3/c1-35-17-7-5-13-9-18(24(28)29-20(13)12-17)23-22(27)25(34)32(23)21-11-16(33)6-8-19(21)31-30-15-4-2-3-14(26)10-15/h2-12,22-23,33H,1H3. The molecule has 2 unspecified atom stereocenters. The number of hydrogen-bond donors (Lipinski definition) is 1. The number of phenols is 1. The molecule has 0 spiro atoms. The van der Waals surface area contributed by atoms with Gasteiger partial charge < -0.3 is 9.84 Å². The first-order chi connectivity index (χ1) is 16.9. The maximum absolute atomic E-state index is 12.9. The molecule has 1 N–H and O–H groups in total. The quantitative estimate of drug-likeness (QED) is 0.127. The number of alkyl halides is 1. The van der Waals surface area contributed by atoms with E-state index < -0.39 is 11.4 Å². The van der Waals surface area contributed by atoms with Crippen LogP contribution < -0.4 is 9.64 Å². The van der Waals surface area contributed by atoms with Crippen molar-refractivity contribution in [2.45, 2.75) is 11.4 Å². The van der Waals surface area contributed by atoms with E-state index in [0.717, 1.165) is 5.39 Å². The monoisotopic (exact) mass is 526 g/mol. The molecule has 4 aromatic rings. The smallest absolute Gasteiger partial charge is 0.248 e. The fourth-order valence-electron chi connectivity index (χ4n) is 3.93. The van der Waals surface area contributed by atoms with Crippen molar-refractivity contribution in [1.29, 1.82) is 0 Å². The van der Waals surface area contributed by atoms with E-state index in [1.165, 1.54) is 17.0 Å². The second-order valence-corrected chi connectivity index (χ2v) is 9.10. The highest BCUT2D eigenvalue weighted by Crippen LogP contribution is 2.48. The number of nitrogens with zero attached hydrogens (tertiary/aromatic N) is 4. The maximum atomic E-state index is 12.9. The minimum absolute atomic E-state index is 0.0406. The summed E-state index contributed by atoms with van der Waals surface area (Å²) in [7, 11) is 1.57. The van der Waals surface area contributed by atoms with Crippen molar-refractivity contribution in [3.8, 4) is 11.5 Å². The molecule has 0 aliphatic carbocycles. The van der Waals surface area contributed by atoms with Crippen LogP contribution in [0.25, 0.3) is 10.9 Å². The predicted molar refractivity (Wildman–Crippen MR) is 137 cm³/mol. The van der Waals surface area contributed by atoms with E-state index in [1.54, 1.807) is 43.5 Å². The largest absolute Gasteiger partial charge is 0.508 e. The number of azo groups is 1. The van der Waals surface area contributed by atoms with Crippen LogP contribution in [0.3, 0.4) is 0 Å². The van der Waals surface area contributed by atoms with Crippen molar-refractivity contribution >= 4 is 68.7 Å². The first kappa shape index (κ1) is 23.4. The number of carbonyl (C=O) groups excluding carboxylic acids is 1. The van der Waals surface area contributed by atoms with Crippen molar-refractivity contribution in [1.82, 2.24) is 4.98 Å². The first-order valence-corrected chi connectivity index (χ1v) is 11.7. The molecule has 0 saturated carbocycles. The number of hydrogen-bond acceptors (Lipinski definition) is 6. The Labute approximate surface area is 215 Å². The van der Waals surface area contributed by atoms with E-state index in [-0.39, 0.29) is 16.8 Å². The molecule has 1 aromatic heterocycles. The maximum Gasteiger partial charge on any atom is 0.248 e. The molecule has 1 amide bonds. The van der Waals surface area contributed by atoms with Crippen LogP contribution in [0.5, 0.6) is 11.5 Å². The lowest BCUT2D eigenvalue weighted by atomic mass is 9.92. The highest BCUT2D eigenvalue weighted by Gasteiger charge is 2.50. The third kappa shape index (κ3) is 4.38. The highest BCUT2D eigenvalue weighted by atomic mass is 35.5. The number of pyridine rings is 1. The van der Waals surface area contributed by atoms with Gasteiger partial charge in [0.05, 0.1) is 30.0 Å². The number of aromatic nitrogens is 1. The lowest BCUT2D eigenvalue weighted by Gasteiger charge is -2.44. The topological polar surface area (TPSA) is 87.4 Å². The fourth-order valence-corrected chi connectivity index (χ4v) is 4.73. The van der Waals surface area contributed by atoms with Gasteiger partial charge in [0.2, 0.25) is 5.91 Å². The lowest BCUT2D eigenvalue weighted by molar-refractivity contribution is -0.123. The molecule has 1 aliphatic rings. The SMILES string of the molecule is COc1ccc2cc(C3C(Cl)C(=O)N3c3cc(O)ccc3N=Nc3cccc(Cl)c3)c(Cl)nc2c1. The minimum atomic E-state index is -0.870. The van der Waals surface area contributed by atoms with Crippen LogP contribution in [0.2, 0.25) is 10.2 Å². The average Bonchev–Trinajstić information content (AvgIpc) is 2.85. The second-order valence-electron chi connectivity index (χ2n) is 7.83. The van der Waals surface area contributed by atoms with Gasteiger partial charge >= 0.3 is 0 Å². The molecule has 2 atom stereocenters. The zero-order valence-electron chi connectivity index (χ0n) is 18.2. The Balaban J connectivity index is 1.56. The Morgan fingerprint density at radius 3 is 2.63 bits per heavy atom. The summed E-state index contributed by atoms with van der Waals surface area (Å²) in [6, 6.07) is 18.0. The van der Waals surface area contributed by atoms with Gasteiger partial charge in [-0.3, -0.25) is 9.69 Å². The number of amides is 1. The number of β-lactam (4-membered cyclic amide) rings is 1. The number of anilines is 1. The van der Waals surface area contributed by atoms with E-state index in [9.17, 15) is 9.90 Å². The number of fused-ring (bicyclic) bond motifs is 1. The van der Waals surface area contributed by atoms with Crippen LogP contribution in [0.1, 0.15) is 11.6 Å². The fraction of sp³-hybridized carbons (Fsp3) is 0.120. The van der Waals surface area contributed by atoms with Crippen molar-refractivity contribution in [3.63, 3.8) is 0 Å². The third-order valence-electron chi connectivity index (χ3n) is 5.65. The van der Waals surface area contributed by atoms with Crippen LogP contribution in [0.15, 0.2) is 77.0 Å². The number of rotatable bonds is 5. The second kappa shape index (κ2) is 9.34. The number of carbonyl (C=O) groups is 1. The molecule has 2 heterocycles. The van der Waals surface area contributed by atoms with Crippen LogP contribution in [-0.2, 0) is 4.79 Å². The van der Waals surface area contributed by atoms with E-state index in [2.05, 4.69) is 15.2 Å². The Morgan fingerprint density at radius 1 is 1.03 bits per heavy atom. The van der Waals surface area contributed by atoms with E-state index in [1.807, 2.05) is 18.2 Å². The Morgan fingerprint density at radius 2 is 1.86 bits per heavy atom. The normalized spacial score (nSPS) is 17.7. The van der Waals surface area contributed by atoms with Gasteiger partial charge in [-0.1, -0.05) is 29.3 Å². The van der Waals surface area contributed by atoms with Crippen molar-refractivity contribution in [2.24, 2.45) is 10.2 Å². The Hall–Kier alpha value is -3.39. The first-order valence-electron chi connectivity index (χ1n) is 10.5. The molecule has 0 radical (unpaired) electrons. The summed E-state index contributed by atoms with van der Waals surface area (Å²) in [6.45, 7) is 0.